The monoisotopic (exact) mass is 382 g/mol. The van der Waals surface area contributed by atoms with Crippen molar-refractivity contribution < 1.29 is 13.5 Å². The van der Waals surface area contributed by atoms with Gasteiger partial charge in [-0.2, -0.15) is 8.78 Å². The van der Waals surface area contributed by atoms with Crippen LogP contribution in [0, 0.1) is 20.8 Å². The lowest BCUT2D eigenvalue weighted by molar-refractivity contribution is -0.0504. The summed E-state index contributed by atoms with van der Waals surface area (Å²) in [4.78, 5) is 9.83. The van der Waals surface area contributed by atoms with Gasteiger partial charge in [0.15, 0.2) is 5.96 Å². The van der Waals surface area contributed by atoms with Crippen molar-refractivity contribution >= 4 is 17.3 Å². The van der Waals surface area contributed by atoms with Crippen LogP contribution in [0.2, 0.25) is 0 Å². The van der Waals surface area contributed by atoms with Crippen LogP contribution in [0.5, 0.6) is 5.75 Å². The first kappa shape index (κ1) is 20.1. The summed E-state index contributed by atoms with van der Waals surface area (Å²) in [6.07, 6.45) is 0.849. The summed E-state index contributed by atoms with van der Waals surface area (Å²) in [5, 5.41) is 7.42. The summed E-state index contributed by atoms with van der Waals surface area (Å²) in [6.45, 7) is 4.10. The molecular formula is C18H24F2N4OS. The molecule has 0 aliphatic rings. The van der Waals surface area contributed by atoms with E-state index in [1.54, 1.807) is 30.5 Å². The Hall–Kier alpha value is -2.22. The number of benzene rings is 1. The number of thiazole rings is 1. The maximum atomic E-state index is 12.5. The second kappa shape index (κ2) is 9.47. The van der Waals surface area contributed by atoms with Gasteiger partial charge in [0.25, 0.3) is 0 Å². The molecule has 26 heavy (non-hydrogen) atoms. The average Bonchev–Trinajstić information content (AvgIpc) is 2.90. The number of hydrogen-bond acceptors (Lipinski definition) is 4. The van der Waals surface area contributed by atoms with Gasteiger partial charge in [0.1, 0.15) is 5.75 Å². The number of nitrogens with one attached hydrogen (secondary N) is 2. The maximum Gasteiger partial charge on any atom is 0.387 e. The molecule has 0 aliphatic carbocycles. The van der Waals surface area contributed by atoms with Gasteiger partial charge in [-0.05, 0) is 26.8 Å². The van der Waals surface area contributed by atoms with Crippen LogP contribution in [0.25, 0.3) is 0 Å². The fourth-order valence-electron chi connectivity index (χ4n) is 2.56. The first-order valence-electron chi connectivity index (χ1n) is 8.30. The normalized spacial score (nSPS) is 11.7. The van der Waals surface area contributed by atoms with Gasteiger partial charge < -0.3 is 15.4 Å². The zero-order valence-corrected chi connectivity index (χ0v) is 16.2. The number of aryl methyl sites for hydroxylation is 3. The van der Waals surface area contributed by atoms with E-state index in [9.17, 15) is 8.78 Å². The van der Waals surface area contributed by atoms with Gasteiger partial charge in [0.05, 0.1) is 10.7 Å². The fourth-order valence-corrected chi connectivity index (χ4v) is 3.49. The van der Waals surface area contributed by atoms with E-state index in [1.165, 1.54) is 4.88 Å². The lowest BCUT2D eigenvalue weighted by atomic mass is 10.1. The first-order valence-corrected chi connectivity index (χ1v) is 9.12. The molecule has 5 nitrogen and oxygen atoms in total. The van der Waals surface area contributed by atoms with Crippen molar-refractivity contribution in [2.24, 2.45) is 4.99 Å². The Morgan fingerprint density at radius 3 is 2.65 bits per heavy atom. The number of guanidine groups is 1. The number of halogens is 2. The molecule has 142 valence electrons. The van der Waals surface area contributed by atoms with E-state index in [0.717, 1.165) is 22.7 Å². The molecule has 2 aromatic rings. The molecule has 0 spiro atoms. The molecule has 0 radical (unpaired) electrons. The second-order valence-electron chi connectivity index (χ2n) is 5.83. The number of aromatic nitrogens is 1. The molecule has 0 saturated heterocycles. The van der Waals surface area contributed by atoms with E-state index < -0.39 is 6.61 Å². The van der Waals surface area contributed by atoms with Gasteiger partial charge >= 0.3 is 6.61 Å². The van der Waals surface area contributed by atoms with Gasteiger partial charge in [-0.25, -0.2) is 4.98 Å². The predicted octanol–water partition coefficient (Wildman–Crippen LogP) is 3.58. The van der Waals surface area contributed by atoms with E-state index in [4.69, 9.17) is 0 Å². The smallest absolute Gasteiger partial charge is 0.387 e. The largest absolute Gasteiger partial charge is 0.434 e. The SMILES string of the molecule is CN=C(NCCc1sc(C)nc1C)NCc1cc(C)ccc1OC(F)F. The number of hydrogen-bond donors (Lipinski definition) is 2. The molecule has 0 fully saturated rings. The Kier molecular flexibility index (Phi) is 7.32. The van der Waals surface area contributed by atoms with Crippen LogP contribution in [0.15, 0.2) is 23.2 Å². The number of alkyl halides is 2. The highest BCUT2D eigenvalue weighted by atomic mass is 32.1. The molecule has 0 amide bonds. The van der Waals surface area contributed by atoms with Crippen LogP contribution in [0.4, 0.5) is 8.78 Å². The Bertz CT molecular complexity index is 762. The number of nitrogens with zero attached hydrogens (tertiary/aromatic N) is 2. The third kappa shape index (κ3) is 5.94. The zero-order valence-electron chi connectivity index (χ0n) is 15.4. The highest BCUT2D eigenvalue weighted by Crippen LogP contribution is 2.22. The van der Waals surface area contributed by atoms with Crippen LogP contribution in [-0.2, 0) is 13.0 Å². The van der Waals surface area contributed by atoms with Gasteiger partial charge in [-0.1, -0.05) is 17.7 Å². The van der Waals surface area contributed by atoms with E-state index in [2.05, 4.69) is 25.3 Å². The van der Waals surface area contributed by atoms with Crippen molar-refractivity contribution in [2.75, 3.05) is 13.6 Å². The Morgan fingerprint density at radius 2 is 2.04 bits per heavy atom. The zero-order chi connectivity index (χ0) is 19.1. The minimum atomic E-state index is -2.85. The van der Waals surface area contributed by atoms with Crippen molar-refractivity contribution in [3.8, 4) is 5.75 Å². The van der Waals surface area contributed by atoms with E-state index in [-0.39, 0.29) is 5.75 Å². The molecule has 0 aliphatic heterocycles. The average molecular weight is 382 g/mol. The topological polar surface area (TPSA) is 58.5 Å². The van der Waals surface area contributed by atoms with Crippen LogP contribution >= 0.6 is 11.3 Å². The Balaban J connectivity index is 1.90. The summed E-state index contributed by atoms with van der Waals surface area (Å²) in [7, 11) is 1.67. The lowest BCUT2D eigenvalue weighted by Crippen LogP contribution is -2.38. The van der Waals surface area contributed by atoms with Crippen molar-refractivity contribution in [2.45, 2.75) is 40.3 Å². The quantitative estimate of drug-likeness (QED) is 0.568. The van der Waals surface area contributed by atoms with Crippen molar-refractivity contribution in [1.82, 2.24) is 15.6 Å². The molecule has 0 saturated carbocycles. The van der Waals surface area contributed by atoms with Gasteiger partial charge in [0.2, 0.25) is 0 Å². The standard InChI is InChI=1S/C18H24F2N4OS/c1-11-5-6-15(25-17(19)20)14(9-11)10-23-18(21-4)22-8-7-16-12(2)24-13(3)26-16/h5-6,9,17H,7-8,10H2,1-4H3,(H2,21,22,23). The number of rotatable bonds is 7. The maximum absolute atomic E-state index is 12.5. The van der Waals surface area contributed by atoms with E-state index in [0.29, 0.717) is 24.6 Å². The summed E-state index contributed by atoms with van der Waals surface area (Å²) in [5.41, 5.74) is 2.69. The van der Waals surface area contributed by atoms with Crippen LogP contribution < -0.4 is 15.4 Å². The third-order valence-electron chi connectivity index (χ3n) is 3.75. The molecule has 0 bridgehead atoms. The summed E-state index contributed by atoms with van der Waals surface area (Å²) in [6, 6.07) is 5.12. The second-order valence-corrected chi connectivity index (χ2v) is 7.12. The predicted molar refractivity (Wildman–Crippen MR) is 101 cm³/mol. The highest BCUT2D eigenvalue weighted by Gasteiger charge is 2.11. The fraction of sp³-hybridized carbons (Fsp3) is 0.444. The van der Waals surface area contributed by atoms with Gasteiger partial charge in [0, 0.05) is 37.0 Å². The van der Waals surface area contributed by atoms with Crippen molar-refractivity contribution in [3.63, 3.8) is 0 Å². The molecular weight excluding hydrogens is 358 g/mol. The first-order chi connectivity index (χ1) is 12.4. The van der Waals surface area contributed by atoms with Crippen LogP contribution in [0.3, 0.4) is 0 Å². The third-order valence-corrected chi connectivity index (χ3v) is 4.88. The molecule has 2 rings (SSSR count). The molecule has 1 aromatic carbocycles. The molecule has 0 unspecified atom stereocenters. The summed E-state index contributed by atoms with van der Waals surface area (Å²) in [5.74, 6) is 0.776. The minimum Gasteiger partial charge on any atom is -0.434 e. The van der Waals surface area contributed by atoms with Crippen molar-refractivity contribution in [1.29, 1.82) is 0 Å². The lowest BCUT2D eigenvalue weighted by Gasteiger charge is -2.15. The molecule has 1 heterocycles. The molecule has 0 atom stereocenters. The van der Waals surface area contributed by atoms with Crippen LogP contribution in [0.1, 0.15) is 26.7 Å². The molecule has 1 aromatic heterocycles. The summed E-state index contributed by atoms with van der Waals surface area (Å²) >= 11 is 1.69. The Labute approximate surface area is 156 Å². The number of aliphatic imine (C=N–C) groups is 1. The summed E-state index contributed by atoms with van der Waals surface area (Å²) < 4.78 is 29.7. The highest BCUT2D eigenvalue weighted by molar-refractivity contribution is 7.11. The minimum absolute atomic E-state index is 0.171. The van der Waals surface area contributed by atoms with Gasteiger partial charge in [-0.3, -0.25) is 4.99 Å². The Morgan fingerprint density at radius 1 is 1.27 bits per heavy atom. The van der Waals surface area contributed by atoms with Gasteiger partial charge in [-0.15, -0.1) is 11.3 Å². The molecule has 2 N–H and O–H groups in total. The van der Waals surface area contributed by atoms with Crippen LogP contribution in [-0.4, -0.2) is 31.1 Å². The van der Waals surface area contributed by atoms with E-state index >= 15 is 0 Å². The van der Waals surface area contributed by atoms with E-state index in [1.807, 2.05) is 26.8 Å². The van der Waals surface area contributed by atoms with Crippen molar-refractivity contribution in [3.05, 3.63) is 44.9 Å². The molecule has 8 heteroatoms. The number of ether oxygens (including phenoxy) is 1.